The van der Waals surface area contributed by atoms with Crippen molar-refractivity contribution in [1.29, 1.82) is 0 Å². The minimum absolute atomic E-state index is 0.395. The van der Waals surface area contributed by atoms with Crippen LogP contribution in [0.4, 0.5) is 0 Å². The molecule has 1 aliphatic rings. The maximum atomic E-state index is 5.70. The summed E-state index contributed by atoms with van der Waals surface area (Å²) in [6.07, 6.45) is 8.34. The molecule has 2 nitrogen and oxygen atoms in total. The molecule has 13 heavy (non-hydrogen) atoms. The Morgan fingerprint density at radius 3 is 2.77 bits per heavy atom. The van der Waals surface area contributed by atoms with Gasteiger partial charge in [0.15, 0.2) is 0 Å². The summed E-state index contributed by atoms with van der Waals surface area (Å²) in [4.78, 5) is 3.39. The zero-order valence-corrected chi connectivity index (χ0v) is 10.3. The van der Waals surface area contributed by atoms with Gasteiger partial charge in [0, 0.05) is 6.61 Å². The van der Waals surface area contributed by atoms with Crippen LogP contribution in [0.2, 0.25) is 0 Å². The summed E-state index contributed by atoms with van der Waals surface area (Å²) in [6, 6.07) is 0. The Morgan fingerprint density at radius 1 is 1.31 bits per heavy atom. The molecule has 0 bridgehead atoms. The van der Waals surface area contributed by atoms with E-state index in [2.05, 4.69) is 11.9 Å². The molecule has 78 valence electrons. The first-order chi connectivity index (χ1) is 6.43. The quantitative estimate of drug-likeness (QED) is 0.520. The molecule has 3 heteroatoms. The largest absolute Gasteiger partial charge is 0.408 e. The fourth-order valence-corrected chi connectivity index (χ4v) is 2.99. The van der Waals surface area contributed by atoms with Crippen molar-refractivity contribution in [2.24, 2.45) is 5.92 Å². The van der Waals surface area contributed by atoms with E-state index in [4.69, 9.17) is 4.43 Å². The van der Waals surface area contributed by atoms with Gasteiger partial charge in [-0.15, -0.1) is 0 Å². The minimum Gasteiger partial charge on any atom is -0.408 e. The van der Waals surface area contributed by atoms with Crippen molar-refractivity contribution in [3.8, 4) is 0 Å². The van der Waals surface area contributed by atoms with Gasteiger partial charge < -0.3 is 9.41 Å². The first-order valence-corrected chi connectivity index (χ1v) is 7.00. The lowest BCUT2D eigenvalue weighted by atomic mass is 9.90. The summed E-state index contributed by atoms with van der Waals surface area (Å²) < 4.78 is 5.70. The highest BCUT2D eigenvalue weighted by Crippen LogP contribution is 2.23. The molecule has 0 radical (unpaired) electrons. The summed E-state index contributed by atoms with van der Waals surface area (Å²) in [5.41, 5.74) is 0. The third-order valence-electron chi connectivity index (χ3n) is 2.71. The van der Waals surface area contributed by atoms with E-state index in [0.29, 0.717) is 0 Å². The van der Waals surface area contributed by atoms with Gasteiger partial charge in [-0.2, -0.15) is 0 Å². The normalized spacial score (nSPS) is 20.1. The van der Waals surface area contributed by atoms with Crippen LogP contribution in [0, 0.1) is 5.92 Å². The van der Waals surface area contributed by atoms with Crippen molar-refractivity contribution in [3.05, 3.63) is 0 Å². The molecular weight excluding hydrogens is 178 g/mol. The van der Waals surface area contributed by atoms with E-state index in [9.17, 15) is 0 Å². The van der Waals surface area contributed by atoms with Crippen LogP contribution in [-0.4, -0.2) is 23.1 Å². The molecule has 0 spiro atoms. The van der Waals surface area contributed by atoms with Crippen LogP contribution in [0.1, 0.15) is 45.4 Å². The summed E-state index contributed by atoms with van der Waals surface area (Å²) in [6.45, 7) is 4.36. The van der Waals surface area contributed by atoms with Crippen molar-refractivity contribution in [1.82, 2.24) is 4.98 Å². The minimum atomic E-state index is -0.395. The maximum Gasteiger partial charge on any atom is 0.235 e. The second kappa shape index (κ2) is 7.53. The zero-order chi connectivity index (χ0) is 9.36. The molecule has 1 fully saturated rings. The van der Waals surface area contributed by atoms with Crippen molar-refractivity contribution < 1.29 is 4.43 Å². The first kappa shape index (κ1) is 11.2. The summed E-state index contributed by atoms with van der Waals surface area (Å²) in [7, 11) is -0.395. The van der Waals surface area contributed by atoms with Gasteiger partial charge >= 0.3 is 0 Å². The van der Waals surface area contributed by atoms with Gasteiger partial charge in [0.05, 0.1) is 0 Å². The summed E-state index contributed by atoms with van der Waals surface area (Å²) >= 11 is 0. The van der Waals surface area contributed by atoms with Crippen molar-refractivity contribution in [2.45, 2.75) is 45.4 Å². The van der Waals surface area contributed by atoms with E-state index in [1.54, 1.807) is 0 Å². The predicted octanol–water partition coefficient (Wildman–Crippen LogP) is 1.58. The molecule has 0 heterocycles. The molecule has 0 aromatic heterocycles. The molecule has 1 rings (SSSR count). The van der Waals surface area contributed by atoms with Gasteiger partial charge in [0.1, 0.15) is 0 Å². The van der Waals surface area contributed by atoms with Crippen LogP contribution < -0.4 is 4.98 Å². The Balaban J connectivity index is 1.86. The Labute approximate surface area is 84.5 Å². The van der Waals surface area contributed by atoms with Crippen LogP contribution in [0.15, 0.2) is 0 Å². The van der Waals surface area contributed by atoms with Gasteiger partial charge in [-0.05, 0) is 31.7 Å². The Morgan fingerprint density at radius 2 is 2.08 bits per heavy atom. The van der Waals surface area contributed by atoms with Crippen LogP contribution >= 0.6 is 0 Å². The predicted molar refractivity (Wildman–Crippen MR) is 59.4 cm³/mol. The average molecular weight is 201 g/mol. The first-order valence-electron chi connectivity index (χ1n) is 5.72. The third kappa shape index (κ3) is 5.44. The fourth-order valence-electron chi connectivity index (χ4n) is 1.90. The molecule has 0 aromatic rings. The molecule has 0 unspecified atom stereocenters. The van der Waals surface area contributed by atoms with Crippen LogP contribution in [0.5, 0.6) is 0 Å². The van der Waals surface area contributed by atoms with E-state index < -0.39 is 9.92 Å². The average Bonchev–Trinajstić information content (AvgIpc) is 2.19. The van der Waals surface area contributed by atoms with Gasteiger partial charge in [-0.25, -0.2) is 0 Å². The van der Waals surface area contributed by atoms with Gasteiger partial charge in [-0.3, -0.25) is 0 Å². The highest BCUT2D eigenvalue weighted by atomic mass is 28.2. The van der Waals surface area contributed by atoms with Gasteiger partial charge in [0.25, 0.3) is 0 Å². The molecule has 1 N–H and O–H groups in total. The Hall–Kier alpha value is 0.137. The van der Waals surface area contributed by atoms with E-state index >= 15 is 0 Å². The molecule has 0 saturated heterocycles. The lowest BCUT2D eigenvalue weighted by Gasteiger charge is -2.21. The van der Waals surface area contributed by atoms with Crippen molar-refractivity contribution in [3.63, 3.8) is 0 Å². The summed E-state index contributed by atoms with van der Waals surface area (Å²) in [5.74, 6) is 0.879. The lowest BCUT2D eigenvalue weighted by Crippen LogP contribution is -2.25. The molecule has 1 aliphatic carbocycles. The van der Waals surface area contributed by atoms with Crippen molar-refractivity contribution in [2.75, 3.05) is 13.2 Å². The molecule has 0 amide bonds. The number of hydrogen-bond acceptors (Lipinski definition) is 2. The monoisotopic (exact) mass is 201 g/mol. The second-order valence-corrected chi connectivity index (χ2v) is 5.22. The highest BCUT2D eigenvalue weighted by molar-refractivity contribution is 6.23. The zero-order valence-electron chi connectivity index (χ0n) is 8.85. The molecule has 0 aliphatic heterocycles. The third-order valence-corrected chi connectivity index (χ3v) is 3.71. The van der Waals surface area contributed by atoms with E-state index in [1.165, 1.54) is 38.5 Å². The van der Waals surface area contributed by atoms with E-state index in [-0.39, 0.29) is 0 Å². The molecule has 0 atom stereocenters. The smallest absolute Gasteiger partial charge is 0.235 e. The number of nitrogens with one attached hydrogen (secondary N) is 1. The van der Waals surface area contributed by atoms with E-state index in [1.807, 2.05) is 0 Å². The summed E-state index contributed by atoms with van der Waals surface area (Å²) in [5, 5.41) is 0. The number of rotatable bonds is 6. The van der Waals surface area contributed by atoms with Crippen LogP contribution in [0.3, 0.4) is 0 Å². The molecule has 1 saturated carbocycles. The molecular formula is C10H23NOSi. The second-order valence-electron chi connectivity index (χ2n) is 4.02. The van der Waals surface area contributed by atoms with Crippen LogP contribution in [-0.2, 0) is 4.43 Å². The van der Waals surface area contributed by atoms with Gasteiger partial charge in [0.2, 0.25) is 9.92 Å². The van der Waals surface area contributed by atoms with Crippen LogP contribution in [0.25, 0.3) is 0 Å². The standard InChI is InChI=1S/C10H23NOSi/c1-2-8-11-13-12-9-10-6-4-3-5-7-10/h10-11H,2-9,13H2,1H3. The fraction of sp³-hybridized carbons (Fsp3) is 1.00. The Bertz CT molecular complexity index is 115. The van der Waals surface area contributed by atoms with Gasteiger partial charge in [-0.1, -0.05) is 26.2 Å². The lowest BCUT2D eigenvalue weighted by molar-refractivity contribution is 0.213. The SMILES string of the molecule is CCCN[SiH2]OCC1CCCCC1. The number of hydrogen-bond donors (Lipinski definition) is 1. The topological polar surface area (TPSA) is 21.3 Å². The Kier molecular flexibility index (Phi) is 6.50. The van der Waals surface area contributed by atoms with E-state index in [0.717, 1.165) is 19.1 Å². The van der Waals surface area contributed by atoms with Crippen molar-refractivity contribution >= 4 is 9.92 Å². The maximum absolute atomic E-state index is 5.70. The molecule has 0 aromatic carbocycles. The highest BCUT2D eigenvalue weighted by Gasteiger charge is 2.12.